The van der Waals surface area contributed by atoms with E-state index < -0.39 is 11.5 Å². The van der Waals surface area contributed by atoms with Gasteiger partial charge in [0.1, 0.15) is 0 Å². The summed E-state index contributed by atoms with van der Waals surface area (Å²) in [7, 11) is 3.19. The van der Waals surface area contributed by atoms with Crippen LogP contribution in [-0.4, -0.2) is 46.0 Å². The Balaban J connectivity index is 2.87. The minimum Gasteiger partial charge on any atom is -0.481 e. The van der Waals surface area contributed by atoms with Gasteiger partial charge in [0.15, 0.2) is 0 Å². The zero-order valence-corrected chi connectivity index (χ0v) is 11.6. The molecule has 1 atom stereocenters. The summed E-state index contributed by atoms with van der Waals surface area (Å²) < 4.78 is 6.56. The maximum absolute atomic E-state index is 12.1. The minimum absolute atomic E-state index is 0.115. The van der Waals surface area contributed by atoms with Gasteiger partial charge < -0.3 is 15.2 Å². The second-order valence-electron chi connectivity index (χ2n) is 4.79. The van der Waals surface area contributed by atoms with Crippen molar-refractivity contribution in [1.29, 1.82) is 0 Å². The van der Waals surface area contributed by atoms with Gasteiger partial charge in [-0.3, -0.25) is 14.3 Å². The molecule has 106 valence electrons. The van der Waals surface area contributed by atoms with Crippen molar-refractivity contribution in [3.05, 3.63) is 17.5 Å². The Bertz CT molecular complexity index is 483. The van der Waals surface area contributed by atoms with Crippen LogP contribution in [0.25, 0.3) is 0 Å². The Labute approximate surface area is 111 Å². The Morgan fingerprint density at radius 2 is 2.21 bits per heavy atom. The molecular formula is C12H19N3O4. The standard InChI is InChI=1S/C12H19N3O4/c1-8-9(6-13-15(8)3)11(18)14-12(2,7-19-4)5-10(16)17/h6H,5,7H2,1-4H3,(H,14,18)(H,16,17). The predicted octanol–water partition coefficient (Wildman–Crippen LogP) is 0.338. The molecule has 2 N–H and O–H groups in total. The molecule has 1 heterocycles. The number of amides is 1. The van der Waals surface area contributed by atoms with Crippen LogP contribution in [0.3, 0.4) is 0 Å². The van der Waals surface area contributed by atoms with E-state index in [0.717, 1.165) is 0 Å². The first-order valence-corrected chi connectivity index (χ1v) is 5.81. The van der Waals surface area contributed by atoms with Crippen LogP contribution >= 0.6 is 0 Å². The van der Waals surface area contributed by atoms with Crippen LogP contribution in [0.5, 0.6) is 0 Å². The first kappa shape index (κ1) is 15.2. The highest BCUT2D eigenvalue weighted by molar-refractivity contribution is 5.95. The lowest BCUT2D eigenvalue weighted by Gasteiger charge is -2.28. The molecule has 0 bridgehead atoms. The summed E-state index contributed by atoms with van der Waals surface area (Å²) in [5, 5.41) is 15.6. The first-order chi connectivity index (χ1) is 8.79. The Hall–Kier alpha value is -1.89. The highest BCUT2D eigenvalue weighted by atomic mass is 16.5. The average molecular weight is 269 g/mol. The predicted molar refractivity (Wildman–Crippen MR) is 67.9 cm³/mol. The van der Waals surface area contributed by atoms with Crippen LogP contribution < -0.4 is 5.32 Å². The van der Waals surface area contributed by atoms with Gasteiger partial charge in [-0.2, -0.15) is 5.10 Å². The molecule has 1 aromatic heterocycles. The molecule has 1 rings (SSSR count). The second kappa shape index (κ2) is 5.83. The number of rotatable bonds is 6. The van der Waals surface area contributed by atoms with E-state index in [1.165, 1.54) is 13.3 Å². The molecule has 0 fully saturated rings. The second-order valence-corrected chi connectivity index (χ2v) is 4.79. The van der Waals surface area contributed by atoms with E-state index in [4.69, 9.17) is 9.84 Å². The van der Waals surface area contributed by atoms with Crippen molar-refractivity contribution in [2.24, 2.45) is 7.05 Å². The fraction of sp³-hybridized carbons (Fsp3) is 0.583. The molecule has 1 aromatic rings. The smallest absolute Gasteiger partial charge is 0.305 e. The number of carboxylic acid groups (broad SMARTS) is 1. The fourth-order valence-electron chi connectivity index (χ4n) is 1.85. The van der Waals surface area contributed by atoms with Gasteiger partial charge >= 0.3 is 5.97 Å². The van der Waals surface area contributed by atoms with E-state index in [0.29, 0.717) is 11.3 Å². The number of aliphatic carboxylic acids is 1. The van der Waals surface area contributed by atoms with Crippen LogP contribution in [0.4, 0.5) is 0 Å². The van der Waals surface area contributed by atoms with Gasteiger partial charge in [0.2, 0.25) is 0 Å². The number of nitrogens with zero attached hydrogens (tertiary/aromatic N) is 2. The fourth-order valence-corrected chi connectivity index (χ4v) is 1.85. The molecule has 0 aliphatic rings. The number of ether oxygens (including phenoxy) is 1. The number of carbonyl (C=O) groups is 2. The zero-order chi connectivity index (χ0) is 14.6. The lowest BCUT2D eigenvalue weighted by Crippen LogP contribution is -2.50. The Morgan fingerprint density at radius 1 is 1.58 bits per heavy atom. The van der Waals surface area contributed by atoms with Crippen LogP contribution in [0.2, 0.25) is 0 Å². The van der Waals surface area contributed by atoms with Gasteiger partial charge in [-0.15, -0.1) is 0 Å². The topological polar surface area (TPSA) is 93.4 Å². The molecule has 0 aliphatic heterocycles. The van der Waals surface area contributed by atoms with Crippen molar-refractivity contribution in [2.45, 2.75) is 25.8 Å². The number of aromatic nitrogens is 2. The highest BCUT2D eigenvalue weighted by Gasteiger charge is 2.30. The zero-order valence-electron chi connectivity index (χ0n) is 11.6. The third-order valence-corrected chi connectivity index (χ3v) is 2.90. The summed E-state index contributed by atoms with van der Waals surface area (Å²) in [5.41, 5.74) is 0.183. The summed E-state index contributed by atoms with van der Waals surface area (Å²) in [4.78, 5) is 23.0. The van der Waals surface area contributed by atoms with E-state index in [9.17, 15) is 9.59 Å². The quantitative estimate of drug-likeness (QED) is 0.776. The third-order valence-electron chi connectivity index (χ3n) is 2.90. The van der Waals surface area contributed by atoms with Crippen LogP contribution in [0.15, 0.2) is 6.20 Å². The third kappa shape index (κ3) is 3.78. The molecule has 0 saturated carbocycles. The van der Waals surface area contributed by atoms with E-state index in [-0.39, 0.29) is 18.9 Å². The largest absolute Gasteiger partial charge is 0.481 e. The lowest BCUT2D eigenvalue weighted by atomic mass is 9.98. The number of aryl methyl sites for hydroxylation is 1. The van der Waals surface area contributed by atoms with E-state index in [2.05, 4.69) is 10.4 Å². The maximum atomic E-state index is 12.1. The molecule has 19 heavy (non-hydrogen) atoms. The molecule has 0 saturated heterocycles. The lowest BCUT2D eigenvalue weighted by molar-refractivity contribution is -0.139. The molecule has 1 amide bonds. The minimum atomic E-state index is -0.997. The van der Waals surface area contributed by atoms with Gasteiger partial charge in [0, 0.05) is 19.9 Å². The van der Waals surface area contributed by atoms with Crippen molar-refractivity contribution in [3.8, 4) is 0 Å². The highest BCUT2D eigenvalue weighted by Crippen LogP contribution is 2.13. The number of hydrogen-bond donors (Lipinski definition) is 2. The first-order valence-electron chi connectivity index (χ1n) is 5.81. The molecule has 0 aliphatic carbocycles. The van der Waals surface area contributed by atoms with Crippen molar-refractivity contribution in [1.82, 2.24) is 15.1 Å². The SMILES string of the molecule is COCC(C)(CC(=O)O)NC(=O)c1cnn(C)c1C. The Kier molecular flexibility index (Phi) is 4.66. The summed E-state index contributed by atoms with van der Waals surface area (Å²) in [6.45, 7) is 3.52. The summed E-state index contributed by atoms with van der Waals surface area (Å²) in [6.07, 6.45) is 1.24. The number of carboxylic acids is 1. The molecular weight excluding hydrogens is 250 g/mol. The van der Waals surface area contributed by atoms with Crippen LogP contribution in [-0.2, 0) is 16.6 Å². The van der Waals surface area contributed by atoms with Crippen LogP contribution in [0, 0.1) is 6.92 Å². The molecule has 0 spiro atoms. The van der Waals surface area contributed by atoms with E-state index in [1.54, 1.807) is 25.6 Å². The van der Waals surface area contributed by atoms with Crippen LogP contribution in [0.1, 0.15) is 29.4 Å². The molecule has 1 unspecified atom stereocenters. The van der Waals surface area contributed by atoms with E-state index >= 15 is 0 Å². The van der Waals surface area contributed by atoms with Crippen molar-refractivity contribution >= 4 is 11.9 Å². The van der Waals surface area contributed by atoms with Gasteiger partial charge in [-0.25, -0.2) is 0 Å². The van der Waals surface area contributed by atoms with Gasteiger partial charge in [0.05, 0.1) is 30.3 Å². The average Bonchev–Trinajstić information content (AvgIpc) is 2.58. The maximum Gasteiger partial charge on any atom is 0.305 e. The van der Waals surface area contributed by atoms with Crippen molar-refractivity contribution in [2.75, 3.05) is 13.7 Å². The monoisotopic (exact) mass is 269 g/mol. The van der Waals surface area contributed by atoms with Crippen molar-refractivity contribution < 1.29 is 19.4 Å². The molecule has 7 heteroatoms. The number of nitrogens with one attached hydrogen (secondary N) is 1. The van der Waals surface area contributed by atoms with Gasteiger partial charge in [0.25, 0.3) is 5.91 Å². The number of hydrogen-bond acceptors (Lipinski definition) is 4. The summed E-state index contributed by atoms with van der Waals surface area (Å²) in [6, 6.07) is 0. The number of methoxy groups -OCH3 is 1. The van der Waals surface area contributed by atoms with Gasteiger partial charge in [-0.1, -0.05) is 0 Å². The summed E-state index contributed by atoms with van der Waals surface area (Å²) >= 11 is 0. The van der Waals surface area contributed by atoms with Crippen molar-refractivity contribution in [3.63, 3.8) is 0 Å². The molecule has 0 aromatic carbocycles. The Morgan fingerprint density at radius 3 is 2.63 bits per heavy atom. The van der Waals surface area contributed by atoms with E-state index in [1.807, 2.05) is 0 Å². The number of carbonyl (C=O) groups excluding carboxylic acids is 1. The molecule has 0 radical (unpaired) electrons. The normalized spacial score (nSPS) is 13.9. The van der Waals surface area contributed by atoms with Gasteiger partial charge in [-0.05, 0) is 13.8 Å². The molecule has 7 nitrogen and oxygen atoms in total. The summed E-state index contributed by atoms with van der Waals surface area (Å²) in [5.74, 6) is -1.35.